The normalized spacial score (nSPS) is 19.4. The molecule has 1 amide bonds. The number of aliphatic carboxylic acids is 1. The van der Waals surface area contributed by atoms with Crippen molar-refractivity contribution in [2.75, 3.05) is 20.8 Å². The van der Waals surface area contributed by atoms with Crippen LogP contribution in [0.2, 0.25) is 0 Å². The first kappa shape index (κ1) is 20.0. The van der Waals surface area contributed by atoms with Gasteiger partial charge < -0.3 is 24.9 Å². The molecular weight excluding hydrogens is 360 g/mol. The van der Waals surface area contributed by atoms with Gasteiger partial charge in [0.2, 0.25) is 5.91 Å². The molecule has 1 aromatic heterocycles. The third-order valence-corrected chi connectivity index (χ3v) is 5.50. The zero-order valence-corrected chi connectivity index (χ0v) is 16.4. The fraction of sp³-hybridized carbons (Fsp3) is 0.524. The van der Waals surface area contributed by atoms with Crippen LogP contribution in [0.5, 0.6) is 11.5 Å². The summed E-state index contributed by atoms with van der Waals surface area (Å²) in [4.78, 5) is 26.9. The van der Waals surface area contributed by atoms with Gasteiger partial charge in [0.05, 0.1) is 25.7 Å². The van der Waals surface area contributed by atoms with E-state index in [1.807, 2.05) is 12.1 Å². The summed E-state index contributed by atoms with van der Waals surface area (Å²) >= 11 is 0. The Morgan fingerprint density at radius 3 is 2.68 bits per heavy atom. The summed E-state index contributed by atoms with van der Waals surface area (Å²) < 4.78 is 10.7. The Kier molecular flexibility index (Phi) is 6.44. The highest BCUT2D eigenvalue weighted by Crippen LogP contribution is 2.32. The van der Waals surface area contributed by atoms with Crippen LogP contribution in [0.4, 0.5) is 0 Å². The lowest BCUT2D eigenvalue weighted by atomic mass is 9.81. The quantitative estimate of drug-likeness (QED) is 0.603. The first-order chi connectivity index (χ1) is 13.5. The fourth-order valence-corrected chi connectivity index (χ4v) is 3.95. The van der Waals surface area contributed by atoms with Crippen molar-refractivity contribution in [1.29, 1.82) is 0 Å². The Hall–Kier alpha value is -2.70. The number of ether oxygens (including phenoxy) is 2. The lowest BCUT2D eigenvalue weighted by Gasteiger charge is -2.25. The molecule has 3 rings (SSSR count). The van der Waals surface area contributed by atoms with Crippen LogP contribution >= 0.6 is 0 Å². The van der Waals surface area contributed by atoms with Gasteiger partial charge in [-0.2, -0.15) is 0 Å². The van der Waals surface area contributed by atoms with E-state index < -0.39 is 5.97 Å². The van der Waals surface area contributed by atoms with Crippen LogP contribution in [0.15, 0.2) is 18.2 Å². The Balaban J connectivity index is 1.51. The maximum Gasteiger partial charge on any atom is 0.306 e. The minimum Gasteiger partial charge on any atom is -0.497 e. The Morgan fingerprint density at radius 1 is 1.18 bits per heavy atom. The van der Waals surface area contributed by atoms with Crippen molar-refractivity contribution in [3.63, 3.8) is 0 Å². The van der Waals surface area contributed by atoms with Crippen molar-refractivity contribution in [3.8, 4) is 11.5 Å². The van der Waals surface area contributed by atoms with E-state index in [9.17, 15) is 9.59 Å². The molecule has 7 heteroatoms. The number of aromatic amines is 1. The highest BCUT2D eigenvalue weighted by Gasteiger charge is 2.30. The molecule has 2 atom stereocenters. The number of aryl methyl sites for hydroxylation is 1. The number of benzene rings is 1. The van der Waals surface area contributed by atoms with E-state index in [4.69, 9.17) is 14.6 Å². The first-order valence-electron chi connectivity index (χ1n) is 9.76. The van der Waals surface area contributed by atoms with Gasteiger partial charge >= 0.3 is 5.97 Å². The summed E-state index contributed by atoms with van der Waals surface area (Å²) in [6.45, 7) is 0.572. The Bertz CT molecular complexity index is 845. The molecule has 152 valence electrons. The lowest BCUT2D eigenvalue weighted by molar-refractivity contribution is -0.144. The second-order valence-electron chi connectivity index (χ2n) is 7.38. The fourth-order valence-electron chi connectivity index (χ4n) is 3.95. The van der Waals surface area contributed by atoms with Gasteiger partial charge in [-0.3, -0.25) is 9.59 Å². The van der Waals surface area contributed by atoms with Gasteiger partial charge in [-0.05, 0) is 38.2 Å². The standard InChI is InChI=1S/C21H28N2O5/c1-27-16-11-18-17(19(12-16)28-2)10-15(23-18)7-4-8-22-20(24)13-5-3-6-14(9-13)21(25)26/h10-14,23H,3-9H2,1-2H3,(H,22,24)(H,25,26). The molecule has 1 heterocycles. The summed E-state index contributed by atoms with van der Waals surface area (Å²) in [5, 5.41) is 13.1. The van der Waals surface area contributed by atoms with E-state index in [2.05, 4.69) is 16.4 Å². The van der Waals surface area contributed by atoms with E-state index >= 15 is 0 Å². The summed E-state index contributed by atoms with van der Waals surface area (Å²) in [5.74, 6) is 0.118. The second kappa shape index (κ2) is 8.99. The third-order valence-electron chi connectivity index (χ3n) is 5.50. The molecule has 7 nitrogen and oxygen atoms in total. The number of methoxy groups -OCH3 is 2. The molecule has 0 radical (unpaired) electrons. The molecule has 0 saturated heterocycles. The van der Waals surface area contributed by atoms with Crippen molar-refractivity contribution in [2.24, 2.45) is 11.8 Å². The van der Waals surface area contributed by atoms with E-state index in [1.165, 1.54) is 0 Å². The number of H-pyrrole nitrogens is 1. The minimum absolute atomic E-state index is 0.0194. The summed E-state index contributed by atoms with van der Waals surface area (Å²) in [5.41, 5.74) is 2.02. The smallest absolute Gasteiger partial charge is 0.306 e. The number of carbonyl (C=O) groups excluding carboxylic acids is 1. The summed E-state index contributed by atoms with van der Waals surface area (Å²) in [7, 11) is 3.26. The van der Waals surface area contributed by atoms with E-state index in [0.717, 1.165) is 53.8 Å². The number of hydrogen-bond donors (Lipinski definition) is 3. The van der Waals surface area contributed by atoms with Crippen LogP contribution in [0, 0.1) is 11.8 Å². The second-order valence-corrected chi connectivity index (χ2v) is 7.38. The zero-order valence-electron chi connectivity index (χ0n) is 16.4. The van der Waals surface area contributed by atoms with Crippen LogP contribution in [0.1, 0.15) is 37.8 Å². The zero-order chi connectivity index (χ0) is 20.1. The molecule has 1 saturated carbocycles. The number of carbonyl (C=O) groups is 2. The number of fused-ring (bicyclic) bond motifs is 1. The van der Waals surface area contributed by atoms with Crippen LogP contribution in [-0.4, -0.2) is 42.7 Å². The highest BCUT2D eigenvalue weighted by molar-refractivity contribution is 5.88. The van der Waals surface area contributed by atoms with Crippen molar-refractivity contribution >= 4 is 22.8 Å². The van der Waals surface area contributed by atoms with Gasteiger partial charge in [-0.15, -0.1) is 0 Å². The molecule has 1 fully saturated rings. The molecule has 0 aliphatic heterocycles. The van der Waals surface area contributed by atoms with E-state index in [1.54, 1.807) is 14.2 Å². The SMILES string of the molecule is COc1cc(OC)c2cc(CCCNC(=O)C3CCCC(C(=O)O)C3)[nH]c2c1. The Labute approximate surface area is 164 Å². The van der Waals surface area contributed by atoms with Crippen LogP contribution in [0.25, 0.3) is 10.9 Å². The Morgan fingerprint density at radius 2 is 1.96 bits per heavy atom. The maximum absolute atomic E-state index is 12.3. The van der Waals surface area contributed by atoms with Gasteiger partial charge in [-0.1, -0.05) is 6.42 Å². The molecule has 0 bridgehead atoms. The van der Waals surface area contributed by atoms with Crippen molar-refractivity contribution < 1.29 is 24.2 Å². The molecule has 0 spiro atoms. The van der Waals surface area contributed by atoms with Gasteiger partial charge in [0, 0.05) is 35.7 Å². The topological polar surface area (TPSA) is 101 Å². The number of aromatic nitrogens is 1. The lowest BCUT2D eigenvalue weighted by Crippen LogP contribution is -2.36. The number of carboxylic acid groups (broad SMARTS) is 1. The number of amides is 1. The van der Waals surface area contributed by atoms with Crippen molar-refractivity contribution in [1.82, 2.24) is 10.3 Å². The van der Waals surface area contributed by atoms with Crippen molar-refractivity contribution in [3.05, 3.63) is 23.9 Å². The molecule has 1 aromatic carbocycles. The van der Waals surface area contributed by atoms with Gasteiger partial charge in [0.15, 0.2) is 0 Å². The van der Waals surface area contributed by atoms with Gasteiger partial charge in [0.25, 0.3) is 0 Å². The first-order valence-corrected chi connectivity index (χ1v) is 9.76. The molecule has 2 unspecified atom stereocenters. The monoisotopic (exact) mass is 388 g/mol. The molecule has 1 aliphatic rings. The molecule has 28 heavy (non-hydrogen) atoms. The minimum atomic E-state index is -0.789. The largest absolute Gasteiger partial charge is 0.497 e. The molecule has 1 aliphatic carbocycles. The molecule has 3 N–H and O–H groups in total. The predicted molar refractivity (Wildman–Crippen MR) is 106 cm³/mol. The van der Waals surface area contributed by atoms with Crippen LogP contribution in [0.3, 0.4) is 0 Å². The predicted octanol–water partition coefficient (Wildman–Crippen LogP) is 3.12. The summed E-state index contributed by atoms with van der Waals surface area (Å²) in [6.07, 6.45) is 4.29. The number of carboxylic acids is 1. The van der Waals surface area contributed by atoms with Crippen molar-refractivity contribution in [2.45, 2.75) is 38.5 Å². The van der Waals surface area contributed by atoms with E-state index in [0.29, 0.717) is 19.4 Å². The highest BCUT2D eigenvalue weighted by atomic mass is 16.5. The van der Waals surface area contributed by atoms with Crippen LogP contribution < -0.4 is 14.8 Å². The third kappa shape index (κ3) is 4.58. The number of rotatable bonds is 8. The van der Waals surface area contributed by atoms with Gasteiger partial charge in [0.1, 0.15) is 11.5 Å². The van der Waals surface area contributed by atoms with E-state index in [-0.39, 0.29) is 17.7 Å². The van der Waals surface area contributed by atoms with Gasteiger partial charge in [-0.25, -0.2) is 0 Å². The average molecular weight is 388 g/mol. The van der Waals surface area contributed by atoms with Crippen LogP contribution in [-0.2, 0) is 16.0 Å². The molecular formula is C21H28N2O5. The maximum atomic E-state index is 12.3. The number of hydrogen-bond acceptors (Lipinski definition) is 4. The average Bonchev–Trinajstić information content (AvgIpc) is 3.13. The molecule has 2 aromatic rings. The summed E-state index contributed by atoms with van der Waals surface area (Å²) in [6, 6.07) is 5.85. The number of nitrogens with one attached hydrogen (secondary N) is 2.